The lowest BCUT2D eigenvalue weighted by Crippen LogP contribution is -2.14. The molecular weight excluding hydrogens is 232 g/mol. The number of anilines is 1. The van der Waals surface area contributed by atoms with E-state index in [4.69, 9.17) is 5.73 Å². The van der Waals surface area contributed by atoms with E-state index in [1.807, 2.05) is 19.1 Å². The van der Waals surface area contributed by atoms with Crippen LogP contribution < -0.4 is 5.73 Å². The van der Waals surface area contributed by atoms with Crippen molar-refractivity contribution in [3.63, 3.8) is 0 Å². The van der Waals surface area contributed by atoms with Crippen molar-refractivity contribution in [2.24, 2.45) is 0 Å². The predicted octanol–water partition coefficient (Wildman–Crippen LogP) is 4.33. The Labute approximate surface area is 115 Å². The fraction of sp³-hybridized carbons (Fsp3) is 0.353. The number of rotatable bonds is 3. The van der Waals surface area contributed by atoms with E-state index < -0.39 is 0 Å². The van der Waals surface area contributed by atoms with Crippen molar-refractivity contribution in [3.8, 4) is 11.3 Å². The summed E-state index contributed by atoms with van der Waals surface area (Å²) in [5, 5.41) is 0. The molecule has 0 amide bonds. The van der Waals surface area contributed by atoms with E-state index in [2.05, 4.69) is 50.0 Å². The van der Waals surface area contributed by atoms with Crippen LogP contribution in [0.15, 0.2) is 36.4 Å². The molecule has 2 heteroatoms. The molecular formula is C17H22N2. The van der Waals surface area contributed by atoms with E-state index in [9.17, 15) is 0 Å². The first kappa shape index (κ1) is 13.6. The summed E-state index contributed by atoms with van der Waals surface area (Å²) in [6.07, 6.45) is 1.13. The summed E-state index contributed by atoms with van der Waals surface area (Å²) in [4.78, 5) is 4.53. The fourth-order valence-electron chi connectivity index (χ4n) is 2.03. The third kappa shape index (κ3) is 2.78. The summed E-state index contributed by atoms with van der Waals surface area (Å²) in [5.74, 6) is 0. The van der Waals surface area contributed by atoms with Gasteiger partial charge in [-0.3, -0.25) is 4.98 Å². The van der Waals surface area contributed by atoms with Crippen LogP contribution in [-0.2, 0) is 5.41 Å². The molecule has 0 bridgehead atoms. The largest absolute Gasteiger partial charge is 0.397 e. The van der Waals surface area contributed by atoms with Gasteiger partial charge in [0.2, 0.25) is 0 Å². The second kappa shape index (κ2) is 5.04. The van der Waals surface area contributed by atoms with Crippen LogP contribution >= 0.6 is 0 Å². The maximum atomic E-state index is 5.80. The molecule has 1 aromatic carbocycles. The van der Waals surface area contributed by atoms with E-state index >= 15 is 0 Å². The van der Waals surface area contributed by atoms with Gasteiger partial charge in [0, 0.05) is 5.56 Å². The Morgan fingerprint density at radius 1 is 1.05 bits per heavy atom. The highest BCUT2D eigenvalue weighted by molar-refractivity contribution is 5.62. The number of benzene rings is 1. The van der Waals surface area contributed by atoms with Crippen molar-refractivity contribution in [1.82, 2.24) is 4.98 Å². The number of hydrogen-bond acceptors (Lipinski definition) is 2. The van der Waals surface area contributed by atoms with Gasteiger partial charge in [0.15, 0.2) is 0 Å². The van der Waals surface area contributed by atoms with Gasteiger partial charge in [-0.1, -0.05) is 45.0 Å². The van der Waals surface area contributed by atoms with E-state index in [1.165, 1.54) is 5.56 Å². The molecule has 100 valence electrons. The quantitative estimate of drug-likeness (QED) is 0.885. The summed E-state index contributed by atoms with van der Waals surface area (Å²) in [6.45, 7) is 8.70. The number of nitrogens with two attached hydrogens (primary N) is 1. The standard InChI is InChI=1S/C17H22N2/c1-5-17(3,4)14-8-6-13(7-9-14)16-11-10-15(18)12(2)19-16/h6-11H,5,18H2,1-4H3. The van der Waals surface area contributed by atoms with Crippen LogP contribution in [0, 0.1) is 6.92 Å². The summed E-state index contributed by atoms with van der Waals surface area (Å²) < 4.78 is 0. The maximum Gasteiger partial charge on any atom is 0.0706 e. The Morgan fingerprint density at radius 3 is 2.21 bits per heavy atom. The van der Waals surface area contributed by atoms with Gasteiger partial charge < -0.3 is 5.73 Å². The van der Waals surface area contributed by atoms with Crippen LogP contribution in [0.5, 0.6) is 0 Å². The second-order valence-electron chi connectivity index (χ2n) is 5.69. The van der Waals surface area contributed by atoms with E-state index in [0.717, 1.165) is 29.1 Å². The van der Waals surface area contributed by atoms with Crippen molar-refractivity contribution < 1.29 is 0 Å². The molecule has 0 saturated heterocycles. The predicted molar refractivity (Wildman–Crippen MR) is 82.1 cm³/mol. The lowest BCUT2D eigenvalue weighted by Gasteiger charge is -2.23. The number of nitrogens with zero attached hydrogens (tertiary/aromatic N) is 1. The first-order valence-electron chi connectivity index (χ1n) is 6.78. The molecule has 0 aliphatic rings. The molecule has 0 atom stereocenters. The van der Waals surface area contributed by atoms with Gasteiger partial charge in [-0.25, -0.2) is 0 Å². The third-order valence-corrected chi connectivity index (χ3v) is 3.97. The van der Waals surface area contributed by atoms with Crippen molar-refractivity contribution in [1.29, 1.82) is 0 Å². The number of hydrogen-bond donors (Lipinski definition) is 1. The van der Waals surface area contributed by atoms with Crippen LogP contribution in [-0.4, -0.2) is 4.98 Å². The Bertz CT molecular complexity index is 568. The van der Waals surface area contributed by atoms with Gasteiger partial charge >= 0.3 is 0 Å². The topological polar surface area (TPSA) is 38.9 Å². The molecule has 2 rings (SSSR count). The van der Waals surface area contributed by atoms with Gasteiger partial charge in [0.1, 0.15) is 0 Å². The van der Waals surface area contributed by atoms with Crippen LogP contribution in [0.25, 0.3) is 11.3 Å². The van der Waals surface area contributed by atoms with Gasteiger partial charge in [0.25, 0.3) is 0 Å². The zero-order valence-electron chi connectivity index (χ0n) is 12.2. The molecule has 0 aliphatic heterocycles. The minimum Gasteiger partial charge on any atom is -0.397 e. The van der Waals surface area contributed by atoms with Crippen LogP contribution in [0.4, 0.5) is 5.69 Å². The number of pyridine rings is 1. The molecule has 0 spiro atoms. The molecule has 1 aromatic heterocycles. The average Bonchev–Trinajstić information content (AvgIpc) is 2.42. The van der Waals surface area contributed by atoms with Crippen molar-refractivity contribution in [3.05, 3.63) is 47.7 Å². The normalized spacial score (nSPS) is 11.6. The van der Waals surface area contributed by atoms with Crippen LogP contribution in [0.2, 0.25) is 0 Å². The van der Waals surface area contributed by atoms with E-state index in [0.29, 0.717) is 0 Å². The molecule has 19 heavy (non-hydrogen) atoms. The fourth-order valence-corrected chi connectivity index (χ4v) is 2.03. The molecule has 2 nitrogen and oxygen atoms in total. The van der Waals surface area contributed by atoms with Crippen molar-refractivity contribution in [2.45, 2.75) is 39.5 Å². The van der Waals surface area contributed by atoms with Crippen LogP contribution in [0.3, 0.4) is 0 Å². The maximum absolute atomic E-state index is 5.80. The second-order valence-corrected chi connectivity index (χ2v) is 5.69. The average molecular weight is 254 g/mol. The highest BCUT2D eigenvalue weighted by atomic mass is 14.7. The molecule has 1 heterocycles. The monoisotopic (exact) mass is 254 g/mol. The zero-order chi connectivity index (χ0) is 14.0. The highest BCUT2D eigenvalue weighted by Crippen LogP contribution is 2.28. The first-order valence-corrected chi connectivity index (χ1v) is 6.78. The Morgan fingerprint density at radius 2 is 1.68 bits per heavy atom. The zero-order valence-corrected chi connectivity index (χ0v) is 12.2. The Hall–Kier alpha value is -1.83. The summed E-state index contributed by atoms with van der Waals surface area (Å²) in [7, 11) is 0. The van der Waals surface area contributed by atoms with Gasteiger partial charge in [0.05, 0.1) is 17.1 Å². The number of aromatic nitrogens is 1. The summed E-state index contributed by atoms with van der Waals surface area (Å²) in [5.41, 5.74) is 11.1. The molecule has 0 radical (unpaired) electrons. The van der Waals surface area contributed by atoms with Gasteiger partial charge in [-0.15, -0.1) is 0 Å². The molecule has 2 aromatic rings. The van der Waals surface area contributed by atoms with E-state index in [-0.39, 0.29) is 5.41 Å². The Balaban J connectivity index is 2.35. The Kier molecular flexibility index (Phi) is 3.61. The first-order chi connectivity index (χ1) is 8.94. The molecule has 0 unspecified atom stereocenters. The van der Waals surface area contributed by atoms with E-state index in [1.54, 1.807) is 0 Å². The third-order valence-electron chi connectivity index (χ3n) is 3.97. The number of aryl methyl sites for hydroxylation is 1. The molecule has 2 N–H and O–H groups in total. The molecule has 0 fully saturated rings. The van der Waals surface area contributed by atoms with Crippen molar-refractivity contribution >= 4 is 5.69 Å². The lowest BCUT2D eigenvalue weighted by atomic mass is 9.82. The lowest BCUT2D eigenvalue weighted by molar-refractivity contribution is 0.506. The minimum atomic E-state index is 0.225. The van der Waals surface area contributed by atoms with Crippen LogP contribution in [0.1, 0.15) is 38.4 Å². The van der Waals surface area contributed by atoms with Crippen molar-refractivity contribution in [2.75, 3.05) is 5.73 Å². The smallest absolute Gasteiger partial charge is 0.0706 e. The number of nitrogen functional groups attached to an aromatic ring is 1. The SMILES string of the molecule is CCC(C)(C)c1ccc(-c2ccc(N)c(C)n2)cc1. The highest BCUT2D eigenvalue weighted by Gasteiger charge is 2.17. The summed E-state index contributed by atoms with van der Waals surface area (Å²) >= 11 is 0. The summed E-state index contributed by atoms with van der Waals surface area (Å²) in [6, 6.07) is 12.6. The minimum absolute atomic E-state index is 0.225. The molecule has 0 saturated carbocycles. The molecule has 0 aliphatic carbocycles. The van der Waals surface area contributed by atoms with Gasteiger partial charge in [-0.05, 0) is 36.5 Å². The van der Waals surface area contributed by atoms with Gasteiger partial charge in [-0.2, -0.15) is 0 Å².